The average Bonchev–Trinajstić information content (AvgIpc) is 2.61. The van der Waals surface area contributed by atoms with Gasteiger partial charge in [-0.15, -0.1) is 0 Å². The van der Waals surface area contributed by atoms with Crippen LogP contribution in [0.1, 0.15) is 48.4 Å². The van der Waals surface area contributed by atoms with Crippen LogP contribution in [-0.4, -0.2) is 23.3 Å². The molecule has 1 aliphatic heterocycles. The third kappa shape index (κ3) is 1.48. The van der Waals surface area contributed by atoms with Crippen molar-refractivity contribution >= 4 is 17.5 Å². The van der Waals surface area contributed by atoms with E-state index in [4.69, 9.17) is 5.73 Å². The molecule has 0 aromatic heterocycles. The molecule has 2 N–H and O–H groups in total. The topological polar surface area (TPSA) is 63.4 Å². The number of nitrogens with two attached hydrogens (primary N) is 1. The van der Waals surface area contributed by atoms with Crippen molar-refractivity contribution in [3.05, 3.63) is 29.3 Å². The number of fused-ring (bicyclic) bond motifs is 1. The molecule has 4 heteroatoms. The number of imide groups is 1. The molecular weight excluding hydrogens is 252 g/mol. The van der Waals surface area contributed by atoms with Gasteiger partial charge in [-0.25, -0.2) is 0 Å². The van der Waals surface area contributed by atoms with E-state index in [1.807, 2.05) is 0 Å². The van der Waals surface area contributed by atoms with Crippen LogP contribution in [0.5, 0.6) is 0 Å². The first kappa shape index (κ1) is 13.2. The Balaban J connectivity index is 1.88. The number of carbonyl (C=O) groups is 2. The second-order valence-corrected chi connectivity index (χ2v) is 7.02. The molecule has 1 aromatic rings. The Bertz CT molecular complexity index is 617. The molecule has 4 nitrogen and oxygen atoms in total. The number of nitrogen functional groups attached to an aromatic ring is 1. The molecule has 20 heavy (non-hydrogen) atoms. The minimum atomic E-state index is -0.212. The molecule has 1 aromatic carbocycles. The lowest BCUT2D eigenvalue weighted by atomic mass is 10.0. The third-order valence-corrected chi connectivity index (χ3v) is 5.68. The van der Waals surface area contributed by atoms with Crippen LogP contribution in [0.25, 0.3) is 0 Å². The molecule has 0 spiro atoms. The zero-order valence-electron chi connectivity index (χ0n) is 12.4. The first-order valence-electron chi connectivity index (χ1n) is 6.93. The number of nitrogens with zero attached hydrogens (tertiary/aromatic N) is 1. The number of hydrogen-bond donors (Lipinski definition) is 1. The van der Waals surface area contributed by atoms with Gasteiger partial charge in [0, 0.05) is 12.2 Å². The zero-order chi connectivity index (χ0) is 14.9. The summed E-state index contributed by atoms with van der Waals surface area (Å²) in [5.41, 5.74) is 7.43. The second kappa shape index (κ2) is 3.62. The Morgan fingerprint density at radius 2 is 1.60 bits per heavy atom. The fourth-order valence-electron chi connectivity index (χ4n) is 3.45. The van der Waals surface area contributed by atoms with Gasteiger partial charge in [-0.05, 0) is 34.9 Å². The maximum atomic E-state index is 12.4. The number of hydrogen-bond acceptors (Lipinski definition) is 3. The van der Waals surface area contributed by atoms with E-state index in [1.165, 1.54) is 4.90 Å². The van der Waals surface area contributed by atoms with Gasteiger partial charge < -0.3 is 5.73 Å². The minimum Gasteiger partial charge on any atom is -0.399 e. The lowest BCUT2D eigenvalue weighted by Crippen LogP contribution is -2.32. The van der Waals surface area contributed by atoms with E-state index in [-0.39, 0.29) is 22.6 Å². The second-order valence-electron chi connectivity index (χ2n) is 7.02. The Labute approximate surface area is 118 Å². The van der Waals surface area contributed by atoms with Crippen LogP contribution >= 0.6 is 0 Å². The van der Waals surface area contributed by atoms with Gasteiger partial charge in [-0.3, -0.25) is 14.5 Å². The highest BCUT2D eigenvalue weighted by molar-refractivity contribution is 6.21. The molecule has 0 radical (unpaired) electrons. The Kier molecular flexibility index (Phi) is 2.38. The smallest absolute Gasteiger partial charge is 0.261 e. The van der Waals surface area contributed by atoms with Gasteiger partial charge >= 0.3 is 0 Å². The maximum Gasteiger partial charge on any atom is 0.261 e. The van der Waals surface area contributed by atoms with Crippen LogP contribution in [0.4, 0.5) is 5.69 Å². The number of benzene rings is 1. The van der Waals surface area contributed by atoms with Gasteiger partial charge in [0.1, 0.15) is 0 Å². The summed E-state index contributed by atoms with van der Waals surface area (Å²) in [7, 11) is 0. The summed E-state index contributed by atoms with van der Waals surface area (Å²) in [6, 6.07) is 4.91. The highest BCUT2D eigenvalue weighted by Gasteiger charge is 2.65. The van der Waals surface area contributed by atoms with Crippen molar-refractivity contribution < 1.29 is 9.59 Å². The average molecular weight is 272 g/mol. The molecule has 1 fully saturated rings. The van der Waals surface area contributed by atoms with Crippen LogP contribution in [0.3, 0.4) is 0 Å². The Morgan fingerprint density at radius 3 is 2.15 bits per heavy atom. The molecule has 1 aliphatic carbocycles. The van der Waals surface area contributed by atoms with Gasteiger partial charge in [0.25, 0.3) is 11.8 Å². The molecule has 0 atom stereocenters. The van der Waals surface area contributed by atoms with Crippen LogP contribution in [0, 0.1) is 16.7 Å². The van der Waals surface area contributed by atoms with Gasteiger partial charge in [-0.2, -0.15) is 0 Å². The van der Waals surface area contributed by atoms with Crippen molar-refractivity contribution in [1.29, 1.82) is 0 Å². The monoisotopic (exact) mass is 272 g/mol. The van der Waals surface area contributed by atoms with Crippen molar-refractivity contribution in [2.75, 3.05) is 12.3 Å². The summed E-state index contributed by atoms with van der Waals surface area (Å²) in [4.78, 5) is 26.1. The molecule has 2 amide bonds. The Morgan fingerprint density at radius 1 is 1.05 bits per heavy atom. The van der Waals surface area contributed by atoms with Crippen LogP contribution < -0.4 is 5.73 Å². The number of carbonyl (C=O) groups excluding carboxylic acids is 2. The molecule has 0 bridgehead atoms. The van der Waals surface area contributed by atoms with E-state index >= 15 is 0 Å². The first-order valence-corrected chi connectivity index (χ1v) is 6.93. The van der Waals surface area contributed by atoms with Crippen molar-refractivity contribution in [1.82, 2.24) is 4.90 Å². The van der Waals surface area contributed by atoms with Crippen LogP contribution in [0.15, 0.2) is 18.2 Å². The SMILES string of the molecule is CC1(C)C(CN2C(=O)c3ccc(N)cc3C2=O)C1(C)C. The van der Waals surface area contributed by atoms with Crippen molar-refractivity contribution in [2.45, 2.75) is 27.7 Å². The predicted octanol–water partition coefficient (Wildman–Crippen LogP) is 2.55. The lowest BCUT2D eigenvalue weighted by molar-refractivity contribution is 0.0639. The van der Waals surface area contributed by atoms with Gasteiger partial charge in [0.05, 0.1) is 11.1 Å². The molecular formula is C16H20N2O2. The first-order chi connectivity index (χ1) is 9.18. The largest absolute Gasteiger partial charge is 0.399 e. The van der Waals surface area contributed by atoms with E-state index in [0.717, 1.165) is 0 Å². The summed E-state index contributed by atoms with van der Waals surface area (Å²) in [5.74, 6) is -0.0612. The van der Waals surface area contributed by atoms with Crippen molar-refractivity contribution in [3.8, 4) is 0 Å². The van der Waals surface area contributed by atoms with Gasteiger partial charge in [0.15, 0.2) is 0 Å². The highest BCUT2D eigenvalue weighted by atomic mass is 16.2. The van der Waals surface area contributed by atoms with E-state index in [2.05, 4.69) is 27.7 Å². The quantitative estimate of drug-likeness (QED) is 0.664. The number of amides is 2. The summed E-state index contributed by atoms with van der Waals surface area (Å²) in [6.45, 7) is 9.25. The van der Waals surface area contributed by atoms with E-state index in [1.54, 1.807) is 18.2 Å². The highest BCUT2D eigenvalue weighted by Crippen LogP contribution is 2.68. The fraction of sp³-hybridized carbons (Fsp3) is 0.500. The number of anilines is 1. The van der Waals surface area contributed by atoms with Gasteiger partial charge in [0.2, 0.25) is 0 Å². The molecule has 2 aliphatic rings. The number of rotatable bonds is 2. The zero-order valence-corrected chi connectivity index (χ0v) is 12.4. The molecule has 1 heterocycles. The lowest BCUT2D eigenvalue weighted by Gasteiger charge is -2.15. The molecule has 0 saturated heterocycles. The van der Waals surface area contributed by atoms with Crippen molar-refractivity contribution in [2.24, 2.45) is 16.7 Å². The normalized spacial score (nSPS) is 23.1. The van der Waals surface area contributed by atoms with E-state index < -0.39 is 0 Å². The molecule has 1 saturated carbocycles. The molecule has 0 unspecified atom stereocenters. The van der Waals surface area contributed by atoms with Crippen molar-refractivity contribution in [3.63, 3.8) is 0 Å². The predicted molar refractivity (Wildman–Crippen MR) is 77.3 cm³/mol. The fourth-order valence-corrected chi connectivity index (χ4v) is 3.45. The molecule has 3 rings (SSSR count). The summed E-state index contributed by atoms with van der Waals surface area (Å²) >= 11 is 0. The van der Waals surface area contributed by atoms with Crippen LogP contribution in [0.2, 0.25) is 0 Å². The molecule has 106 valence electrons. The maximum absolute atomic E-state index is 12.4. The van der Waals surface area contributed by atoms with Gasteiger partial charge in [-0.1, -0.05) is 27.7 Å². The van der Waals surface area contributed by atoms with Crippen LogP contribution in [-0.2, 0) is 0 Å². The summed E-state index contributed by atoms with van der Waals surface area (Å²) < 4.78 is 0. The minimum absolute atomic E-state index is 0.154. The summed E-state index contributed by atoms with van der Waals surface area (Å²) in [6.07, 6.45) is 0. The Hall–Kier alpha value is -1.84. The van der Waals surface area contributed by atoms with E-state index in [9.17, 15) is 9.59 Å². The third-order valence-electron chi connectivity index (χ3n) is 5.68. The summed E-state index contributed by atoms with van der Waals surface area (Å²) in [5, 5.41) is 0. The van der Waals surface area contributed by atoms with E-state index in [0.29, 0.717) is 29.3 Å². The standard InChI is InChI=1S/C16H20N2O2/c1-15(2)12(16(15,3)4)8-18-13(19)10-6-5-9(17)7-11(10)14(18)20/h5-7,12H,8,17H2,1-4H3.